The van der Waals surface area contributed by atoms with Gasteiger partial charge in [0.2, 0.25) is 0 Å². The maximum atomic E-state index is 14.2. The average Bonchev–Trinajstić information content (AvgIpc) is 3.15. The van der Waals surface area contributed by atoms with Crippen LogP contribution in [0, 0.1) is 5.82 Å². The molecular weight excluding hydrogens is 303 g/mol. The van der Waals surface area contributed by atoms with Gasteiger partial charge >= 0.3 is 0 Å². The first kappa shape index (κ1) is 14.8. The Kier molecular flexibility index (Phi) is 3.73. The molecule has 3 nitrogen and oxygen atoms in total. The molecule has 0 N–H and O–H groups in total. The zero-order valence-electron chi connectivity index (χ0n) is 13.2. The predicted molar refractivity (Wildman–Crippen MR) is 92.3 cm³/mol. The van der Waals surface area contributed by atoms with Gasteiger partial charge in [-0.05, 0) is 37.1 Å². The molecule has 2 heterocycles. The minimum atomic E-state index is -0.333. The molecular formula is C20H17FN2O. The number of rotatable bonds is 2. The third-order valence-electron chi connectivity index (χ3n) is 4.49. The molecule has 1 aromatic heterocycles. The number of likely N-dealkylation sites (tertiary alicyclic amines) is 1. The first-order valence-corrected chi connectivity index (χ1v) is 8.18. The molecule has 0 bridgehead atoms. The average molecular weight is 320 g/mol. The van der Waals surface area contributed by atoms with Crippen molar-refractivity contribution in [2.24, 2.45) is 0 Å². The number of para-hydroxylation sites is 1. The number of aromatic nitrogens is 1. The largest absolute Gasteiger partial charge is 0.339 e. The SMILES string of the molecule is O=C(c1cc(-c2ccccc2F)nc2ccccc12)N1CCCC1. The van der Waals surface area contributed by atoms with E-state index >= 15 is 0 Å². The maximum Gasteiger partial charge on any atom is 0.254 e. The number of hydrogen-bond acceptors (Lipinski definition) is 2. The Bertz CT molecular complexity index is 916. The van der Waals surface area contributed by atoms with E-state index in [1.54, 1.807) is 24.3 Å². The quantitative estimate of drug-likeness (QED) is 0.706. The normalized spacial score (nSPS) is 14.3. The maximum absolute atomic E-state index is 14.2. The molecule has 1 fully saturated rings. The van der Waals surface area contributed by atoms with Gasteiger partial charge in [0, 0.05) is 24.0 Å². The molecule has 3 aromatic rings. The Morgan fingerprint density at radius 2 is 1.71 bits per heavy atom. The number of halogens is 1. The molecule has 120 valence electrons. The minimum Gasteiger partial charge on any atom is -0.339 e. The second-order valence-electron chi connectivity index (χ2n) is 6.05. The molecule has 1 saturated heterocycles. The highest BCUT2D eigenvalue weighted by atomic mass is 19.1. The van der Waals surface area contributed by atoms with Crippen LogP contribution >= 0.6 is 0 Å². The number of benzene rings is 2. The van der Waals surface area contributed by atoms with Gasteiger partial charge in [-0.15, -0.1) is 0 Å². The summed E-state index contributed by atoms with van der Waals surface area (Å²) in [6.45, 7) is 1.56. The molecule has 0 unspecified atom stereocenters. The van der Waals surface area contributed by atoms with E-state index in [-0.39, 0.29) is 11.7 Å². The van der Waals surface area contributed by atoms with Crippen molar-refractivity contribution in [3.8, 4) is 11.3 Å². The van der Waals surface area contributed by atoms with E-state index in [9.17, 15) is 9.18 Å². The molecule has 2 aromatic carbocycles. The number of hydrogen-bond donors (Lipinski definition) is 0. The van der Waals surface area contributed by atoms with Crippen LogP contribution in [0.3, 0.4) is 0 Å². The molecule has 0 spiro atoms. The fourth-order valence-corrected chi connectivity index (χ4v) is 3.25. The smallest absolute Gasteiger partial charge is 0.254 e. The monoisotopic (exact) mass is 320 g/mol. The summed E-state index contributed by atoms with van der Waals surface area (Å²) >= 11 is 0. The summed E-state index contributed by atoms with van der Waals surface area (Å²) in [6, 6.07) is 15.8. The summed E-state index contributed by atoms with van der Waals surface area (Å²) in [5, 5.41) is 0.814. The van der Waals surface area contributed by atoms with Crippen LogP contribution in [0.15, 0.2) is 54.6 Å². The standard InChI is InChI=1S/C20H17FN2O/c21-17-9-3-1-8-15(17)19-13-16(20(24)23-11-5-6-12-23)14-7-2-4-10-18(14)22-19/h1-4,7-10,13H,5-6,11-12H2. The Hall–Kier alpha value is -2.75. The lowest BCUT2D eigenvalue weighted by molar-refractivity contribution is 0.0794. The van der Waals surface area contributed by atoms with Crippen LogP contribution in [0.4, 0.5) is 4.39 Å². The van der Waals surface area contributed by atoms with Gasteiger partial charge in [-0.1, -0.05) is 30.3 Å². The zero-order chi connectivity index (χ0) is 16.5. The van der Waals surface area contributed by atoms with E-state index in [4.69, 9.17) is 0 Å². The lowest BCUT2D eigenvalue weighted by Crippen LogP contribution is -2.27. The van der Waals surface area contributed by atoms with Crippen LogP contribution in [-0.2, 0) is 0 Å². The summed E-state index contributed by atoms with van der Waals surface area (Å²) in [7, 11) is 0. The summed E-state index contributed by atoms with van der Waals surface area (Å²) in [5.41, 5.74) is 2.22. The third-order valence-corrected chi connectivity index (χ3v) is 4.49. The van der Waals surface area contributed by atoms with E-state index in [0.717, 1.165) is 31.3 Å². The lowest BCUT2D eigenvalue weighted by Gasteiger charge is -2.17. The van der Waals surface area contributed by atoms with Crippen molar-refractivity contribution in [1.82, 2.24) is 9.88 Å². The number of carbonyl (C=O) groups is 1. The van der Waals surface area contributed by atoms with Gasteiger partial charge in [-0.2, -0.15) is 0 Å². The Morgan fingerprint density at radius 3 is 2.50 bits per heavy atom. The number of fused-ring (bicyclic) bond motifs is 1. The van der Waals surface area contributed by atoms with Crippen molar-refractivity contribution >= 4 is 16.8 Å². The van der Waals surface area contributed by atoms with Crippen molar-refractivity contribution in [2.75, 3.05) is 13.1 Å². The van der Waals surface area contributed by atoms with Crippen LogP contribution in [0.5, 0.6) is 0 Å². The van der Waals surface area contributed by atoms with Crippen molar-refractivity contribution in [3.05, 3.63) is 66.0 Å². The van der Waals surface area contributed by atoms with Crippen molar-refractivity contribution in [2.45, 2.75) is 12.8 Å². The molecule has 4 heteroatoms. The van der Waals surface area contributed by atoms with Gasteiger partial charge in [-0.3, -0.25) is 4.79 Å². The predicted octanol–water partition coefficient (Wildman–Crippen LogP) is 4.28. The summed E-state index contributed by atoms with van der Waals surface area (Å²) < 4.78 is 14.2. The number of amides is 1. The Morgan fingerprint density at radius 1 is 1.00 bits per heavy atom. The van der Waals surface area contributed by atoms with Gasteiger partial charge in [-0.25, -0.2) is 9.37 Å². The highest BCUT2D eigenvalue weighted by Gasteiger charge is 2.22. The van der Waals surface area contributed by atoms with Crippen LogP contribution in [0.25, 0.3) is 22.2 Å². The van der Waals surface area contributed by atoms with Gasteiger partial charge in [0.1, 0.15) is 5.82 Å². The first-order chi connectivity index (χ1) is 11.7. The Labute approximate surface area is 139 Å². The second kappa shape index (κ2) is 6.04. The van der Waals surface area contributed by atoms with Crippen molar-refractivity contribution in [3.63, 3.8) is 0 Å². The van der Waals surface area contributed by atoms with E-state index in [2.05, 4.69) is 4.98 Å². The van der Waals surface area contributed by atoms with Crippen molar-refractivity contribution < 1.29 is 9.18 Å². The second-order valence-corrected chi connectivity index (χ2v) is 6.05. The molecule has 1 aliphatic rings. The van der Waals surface area contributed by atoms with Crippen LogP contribution in [0.1, 0.15) is 23.2 Å². The van der Waals surface area contributed by atoms with Crippen LogP contribution in [-0.4, -0.2) is 28.9 Å². The van der Waals surface area contributed by atoms with Gasteiger partial charge in [0.05, 0.1) is 16.8 Å². The first-order valence-electron chi connectivity index (χ1n) is 8.18. The molecule has 24 heavy (non-hydrogen) atoms. The highest BCUT2D eigenvalue weighted by molar-refractivity contribution is 6.07. The summed E-state index contributed by atoms with van der Waals surface area (Å²) in [4.78, 5) is 19.4. The third kappa shape index (κ3) is 2.54. The minimum absolute atomic E-state index is 0.00342. The number of pyridine rings is 1. The molecule has 0 saturated carbocycles. The van der Waals surface area contributed by atoms with Crippen LogP contribution < -0.4 is 0 Å². The highest BCUT2D eigenvalue weighted by Crippen LogP contribution is 2.28. The fourth-order valence-electron chi connectivity index (χ4n) is 3.25. The van der Waals surface area contributed by atoms with E-state index < -0.39 is 0 Å². The van der Waals surface area contributed by atoms with Gasteiger partial charge in [0.25, 0.3) is 5.91 Å². The molecule has 0 radical (unpaired) electrons. The molecule has 1 amide bonds. The molecule has 0 atom stereocenters. The molecule has 0 aliphatic carbocycles. The van der Waals surface area contributed by atoms with Crippen molar-refractivity contribution in [1.29, 1.82) is 0 Å². The fraction of sp³-hybridized carbons (Fsp3) is 0.200. The van der Waals surface area contributed by atoms with E-state index in [1.807, 2.05) is 29.2 Å². The Balaban J connectivity index is 1.91. The van der Waals surface area contributed by atoms with E-state index in [1.165, 1.54) is 6.07 Å². The summed E-state index contributed by atoms with van der Waals surface area (Å²) in [5.74, 6) is -0.330. The van der Waals surface area contributed by atoms with Gasteiger partial charge < -0.3 is 4.90 Å². The molecule has 1 aliphatic heterocycles. The van der Waals surface area contributed by atoms with E-state index in [0.29, 0.717) is 22.3 Å². The topological polar surface area (TPSA) is 33.2 Å². The molecule has 4 rings (SSSR count). The lowest BCUT2D eigenvalue weighted by atomic mass is 10.0. The zero-order valence-corrected chi connectivity index (χ0v) is 13.2. The van der Waals surface area contributed by atoms with Gasteiger partial charge in [0.15, 0.2) is 0 Å². The number of nitrogens with zero attached hydrogens (tertiary/aromatic N) is 2. The van der Waals surface area contributed by atoms with Crippen LogP contribution in [0.2, 0.25) is 0 Å². The number of carbonyl (C=O) groups excluding carboxylic acids is 1. The summed E-state index contributed by atoms with van der Waals surface area (Å²) in [6.07, 6.45) is 2.07.